The quantitative estimate of drug-likeness (QED) is 0.671. The summed E-state index contributed by atoms with van der Waals surface area (Å²) in [5, 5.41) is 20.3. The molecule has 2 unspecified atom stereocenters. The van der Waals surface area contributed by atoms with Gasteiger partial charge < -0.3 is 9.84 Å². The lowest BCUT2D eigenvalue weighted by atomic mass is 10.2. The van der Waals surface area contributed by atoms with E-state index in [4.69, 9.17) is 9.84 Å². The molecule has 0 aliphatic carbocycles. The SMILES string of the molecule is CC1OCCC1Sc1ccc([N+](=O)[O-])c(CO)c1. The molecule has 98 valence electrons. The van der Waals surface area contributed by atoms with Crippen LogP contribution in [0.15, 0.2) is 23.1 Å². The van der Waals surface area contributed by atoms with Gasteiger partial charge in [0.1, 0.15) is 0 Å². The number of aliphatic hydroxyl groups is 1. The summed E-state index contributed by atoms with van der Waals surface area (Å²) in [5.74, 6) is 0. The summed E-state index contributed by atoms with van der Waals surface area (Å²) in [5.41, 5.74) is 0.328. The predicted octanol–water partition coefficient (Wildman–Crippen LogP) is 2.36. The number of aliphatic hydroxyl groups excluding tert-OH is 1. The van der Waals surface area contributed by atoms with Crippen molar-refractivity contribution < 1.29 is 14.8 Å². The van der Waals surface area contributed by atoms with Crippen LogP contribution in [0.1, 0.15) is 18.9 Å². The first-order valence-electron chi connectivity index (χ1n) is 5.78. The van der Waals surface area contributed by atoms with E-state index in [2.05, 4.69) is 0 Å². The summed E-state index contributed by atoms with van der Waals surface area (Å²) in [6, 6.07) is 4.87. The highest BCUT2D eigenvalue weighted by molar-refractivity contribution is 8.00. The summed E-state index contributed by atoms with van der Waals surface area (Å²) in [6.45, 7) is 2.48. The van der Waals surface area contributed by atoms with Crippen LogP contribution in [0.3, 0.4) is 0 Å². The molecule has 1 fully saturated rings. The molecule has 1 saturated heterocycles. The second-order valence-electron chi connectivity index (χ2n) is 4.23. The van der Waals surface area contributed by atoms with Crippen LogP contribution in [0.2, 0.25) is 0 Å². The first-order valence-corrected chi connectivity index (χ1v) is 6.66. The molecule has 2 rings (SSSR count). The van der Waals surface area contributed by atoms with Crippen LogP contribution in [0.5, 0.6) is 0 Å². The number of nitro benzene ring substituents is 1. The first kappa shape index (κ1) is 13.3. The molecule has 0 bridgehead atoms. The largest absolute Gasteiger partial charge is 0.391 e. The van der Waals surface area contributed by atoms with E-state index >= 15 is 0 Å². The van der Waals surface area contributed by atoms with Gasteiger partial charge in [0.25, 0.3) is 5.69 Å². The molecule has 0 radical (unpaired) electrons. The molecule has 1 N–H and O–H groups in total. The van der Waals surface area contributed by atoms with Gasteiger partial charge >= 0.3 is 0 Å². The molecule has 1 heterocycles. The molecule has 0 spiro atoms. The molecule has 1 aromatic rings. The number of benzene rings is 1. The van der Waals surface area contributed by atoms with Crippen molar-refractivity contribution in [2.75, 3.05) is 6.61 Å². The zero-order valence-corrected chi connectivity index (χ0v) is 10.9. The van der Waals surface area contributed by atoms with Crippen molar-refractivity contribution in [2.24, 2.45) is 0 Å². The molecule has 1 aliphatic heterocycles. The van der Waals surface area contributed by atoms with Crippen molar-refractivity contribution in [1.29, 1.82) is 0 Å². The van der Waals surface area contributed by atoms with E-state index in [0.29, 0.717) is 10.8 Å². The van der Waals surface area contributed by atoms with Gasteiger partial charge in [-0.1, -0.05) is 0 Å². The molecule has 0 aromatic heterocycles. The van der Waals surface area contributed by atoms with E-state index in [1.165, 1.54) is 6.07 Å². The molecule has 5 nitrogen and oxygen atoms in total. The zero-order valence-electron chi connectivity index (χ0n) is 10.0. The first-order chi connectivity index (χ1) is 8.61. The van der Waals surface area contributed by atoms with Crippen LogP contribution < -0.4 is 0 Å². The van der Waals surface area contributed by atoms with E-state index in [9.17, 15) is 10.1 Å². The van der Waals surface area contributed by atoms with Crippen LogP contribution in [-0.4, -0.2) is 28.0 Å². The fourth-order valence-electron chi connectivity index (χ4n) is 1.98. The normalized spacial score (nSPS) is 23.2. The van der Waals surface area contributed by atoms with E-state index in [-0.39, 0.29) is 18.4 Å². The lowest BCUT2D eigenvalue weighted by molar-refractivity contribution is -0.385. The van der Waals surface area contributed by atoms with Crippen LogP contribution in [0, 0.1) is 10.1 Å². The minimum absolute atomic E-state index is 0.0300. The highest BCUT2D eigenvalue weighted by Crippen LogP contribution is 2.34. The molecule has 2 atom stereocenters. The smallest absolute Gasteiger partial charge is 0.274 e. The Kier molecular flexibility index (Phi) is 4.21. The van der Waals surface area contributed by atoms with Crippen molar-refractivity contribution in [3.63, 3.8) is 0 Å². The van der Waals surface area contributed by atoms with Gasteiger partial charge in [0.2, 0.25) is 0 Å². The Labute approximate surface area is 109 Å². The van der Waals surface area contributed by atoms with Crippen molar-refractivity contribution >= 4 is 17.4 Å². The maximum absolute atomic E-state index is 10.8. The van der Waals surface area contributed by atoms with E-state index < -0.39 is 4.92 Å². The molecule has 0 amide bonds. The Hall–Kier alpha value is -1.11. The van der Waals surface area contributed by atoms with Gasteiger partial charge in [-0.05, 0) is 25.5 Å². The van der Waals surface area contributed by atoms with Gasteiger partial charge in [0, 0.05) is 22.8 Å². The minimum atomic E-state index is -0.471. The van der Waals surface area contributed by atoms with Crippen molar-refractivity contribution in [3.05, 3.63) is 33.9 Å². The van der Waals surface area contributed by atoms with Gasteiger partial charge in [-0.2, -0.15) is 0 Å². The Balaban J connectivity index is 2.17. The van der Waals surface area contributed by atoms with Crippen LogP contribution >= 0.6 is 11.8 Å². The van der Waals surface area contributed by atoms with E-state index in [1.54, 1.807) is 23.9 Å². The van der Waals surface area contributed by atoms with Crippen LogP contribution in [0.25, 0.3) is 0 Å². The molecule has 1 aromatic carbocycles. The summed E-state index contributed by atoms with van der Waals surface area (Å²) in [6.07, 6.45) is 1.18. The van der Waals surface area contributed by atoms with Gasteiger partial charge in [-0.15, -0.1) is 11.8 Å². The lowest BCUT2D eigenvalue weighted by Crippen LogP contribution is -2.13. The highest BCUT2D eigenvalue weighted by atomic mass is 32.2. The van der Waals surface area contributed by atoms with Gasteiger partial charge in [0.15, 0.2) is 0 Å². The van der Waals surface area contributed by atoms with E-state index in [0.717, 1.165) is 17.9 Å². The number of rotatable bonds is 4. The fraction of sp³-hybridized carbons (Fsp3) is 0.500. The van der Waals surface area contributed by atoms with Gasteiger partial charge in [-0.3, -0.25) is 10.1 Å². The number of hydrogen-bond donors (Lipinski definition) is 1. The third kappa shape index (κ3) is 2.82. The zero-order chi connectivity index (χ0) is 13.1. The number of ether oxygens (including phenoxy) is 1. The minimum Gasteiger partial charge on any atom is -0.391 e. The Morgan fingerprint density at radius 2 is 2.39 bits per heavy atom. The third-order valence-corrected chi connectivity index (χ3v) is 4.46. The standard InChI is InChI=1S/C12H15NO4S/c1-8-12(4-5-17-8)18-10-2-3-11(13(15)16)9(6-10)7-14/h2-3,6,8,12,14H,4-5,7H2,1H3. The Morgan fingerprint density at radius 1 is 1.61 bits per heavy atom. The lowest BCUT2D eigenvalue weighted by Gasteiger charge is -2.13. The van der Waals surface area contributed by atoms with Crippen molar-refractivity contribution in [2.45, 2.75) is 36.2 Å². The maximum atomic E-state index is 10.8. The number of nitro groups is 1. The fourth-order valence-corrected chi connectivity index (χ4v) is 3.17. The number of hydrogen-bond acceptors (Lipinski definition) is 5. The summed E-state index contributed by atoms with van der Waals surface area (Å²) >= 11 is 1.65. The molecule has 6 heteroatoms. The van der Waals surface area contributed by atoms with Crippen molar-refractivity contribution in [1.82, 2.24) is 0 Å². The molecular formula is C12H15NO4S. The second-order valence-corrected chi connectivity index (χ2v) is 5.54. The van der Waals surface area contributed by atoms with Gasteiger partial charge in [-0.25, -0.2) is 0 Å². The third-order valence-electron chi connectivity index (χ3n) is 3.01. The van der Waals surface area contributed by atoms with Gasteiger partial charge in [0.05, 0.1) is 23.2 Å². The van der Waals surface area contributed by atoms with Crippen LogP contribution in [-0.2, 0) is 11.3 Å². The van der Waals surface area contributed by atoms with E-state index in [1.807, 2.05) is 6.92 Å². The molecule has 1 aliphatic rings. The number of nitrogens with zero attached hydrogens (tertiary/aromatic N) is 1. The molecule has 18 heavy (non-hydrogen) atoms. The maximum Gasteiger partial charge on any atom is 0.274 e. The monoisotopic (exact) mass is 269 g/mol. The second kappa shape index (κ2) is 5.69. The Bertz CT molecular complexity index is 452. The summed E-state index contributed by atoms with van der Waals surface area (Å²) < 4.78 is 5.48. The Morgan fingerprint density at radius 3 is 2.94 bits per heavy atom. The topological polar surface area (TPSA) is 72.6 Å². The average molecular weight is 269 g/mol. The number of thioether (sulfide) groups is 1. The highest BCUT2D eigenvalue weighted by Gasteiger charge is 2.25. The van der Waals surface area contributed by atoms with Crippen LogP contribution in [0.4, 0.5) is 5.69 Å². The van der Waals surface area contributed by atoms with Crippen molar-refractivity contribution in [3.8, 4) is 0 Å². The summed E-state index contributed by atoms with van der Waals surface area (Å²) in [4.78, 5) is 11.2. The molecular weight excluding hydrogens is 254 g/mol. The predicted molar refractivity (Wildman–Crippen MR) is 68.7 cm³/mol. The summed E-state index contributed by atoms with van der Waals surface area (Å²) in [7, 11) is 0. The average Bonchev–Trinajstić information content (AvgIpc) is 2.74. The molecule has 0 saturated carbocycles.